The average Bonchev–Trinajstić information content (AvgIpc) is 2.35. The summed E-state index contributed by atoms with van der Waals surface area (Å²) < 4.78 is 40.2. The zero-order valence-electron chi connectivity index (χ0n) is 12.5. The first kappa shape index (κ1) is 17.0. The van der Waals surface area contributed by atoms with Gasteiger partial charge in [-0.15, -0.1) is 0 Å². The van der Waals surface area contributed by atoms with Crippen molar-refractivity contribution >= 4 is 0 Å². The van der Waals surface area contributed by atoms with Gasteiger partial charge in [-0.05, 0) is 32.4 Å². The van der Waals surface area contributed by atoms with Crippen LogP contribution in [-0.2, 0) is 0 Å². The molecule has 2 nitrogen and oxygen atoms in total. The highest BCUT2D eigenvalue weighted by Crippen LogP contribution is 2.26. The third-order valence-electron chi connectivity index (χ3n) is 3.62. The molecule has 0 fully saturated rings. The minimum Gasteiger partial charge on any atom is -0.329 e. The first-order valence-electron chi connectivity index (χ1n) is 6.84. The van der Waals surface area contributed by atoms with E-state index < -0.39 is 23.5 Å². The number of hydrogen-bond acceptors (Lipinski definition) is 2. The number of hydrogen-bond donors (Lipinski definition) is 1. The molecule has 2 N–H and O–H groups in total. The molecule has 5 heteroatoms. The molecule has 0 aliphatic carbocycles. The summed E-state index contributed by atoms with van der Waals surface area (Å²) in [5.74, 6) is -2.51. The molecule has 0 bridgehead atoms. The molecular formula is C15H23F3N2. The van der Waals surface area contributed by atoms with Crippen LogP contribution in [0.5, 0.6) is 0 Å². The van der Waals surface area contributed by atoms with Crippen LogP contribution in [0.25, 0.3) is 0 Å². The van der Waals surface area contributed by atoms with Gasteiger partial charge in [-0.25, -0.2) is 13.2 Å². The van der Waals surface area contributed by atoms with Gasteiger partial charge in [-0.3, -0.25) is 4.90 Å². The molecule has 114 valence electrons. The van der Waals surface area contributed by atoms with Gasteiger partial charge in [0, 0.05) is 30.3 Å². The van der Waals surface area contributed by atoms with Crippen molar-refractivity contribution in [2.24, 2.45) is 11.7 Å². The maximum absolute atomic E-state index is 13.9. The maximum atomic E-state index is 13.9. The molecule has 0 saturated heterocycles. The predicted molar refractivity (Wildman–Crippen MR) is 74.8 cm³/mol. The number of halogens is 3. The summed E-state index contributed by atoms with van der Waals surface area (Å²) in [5.41, 5.74) is 5.81. The van der Waals surface area contributed by atoms with Crippen molar-refractivity contribution in [3.63, 3.8) is 0 Å². The van der Waals surface area contributed by atoms with Gasteiger partial charge in [0.25, 0.3) is 0 Å². The molecule has 0 aliphatic heterocycles. The Morgan fingerprint density at radius 2 is 1.60 bits per heavy atom. The molecule has 0 aliphatic rings. The normalized spacial score (nSPS) is 14.9. The highest BCUT2D eigenvalue weighted by Gasteiger charge is 2.25. The minimum absolute atomic E-state index is 0.101. The molecule has 0 heterocycles. The lowest BCUT2D eigenvalue weighted by Crippen LogP contribution is -2.38. The molecule has 20 heavy (non-hydrogen) atoms. The van der Waals surface area contributed by atoms with Crippen LogP contribution in [0, 0.1) is 23.4 Å². The summed E-state index contributed by atoms with van der Waals surface area (Å²) in [6.45, 7) is 6.35. The lowest BCUT2D eigenvalue weighted by atomic mass is 9.99. The van der Waals surface area contributed by atoms with Crippen molar-refractivity contribution in [1.29, 1.82) is 0 Å². The van der Waals surface area contributed by atoms with Crippen molar-refractivity contribution in [3.8, 4) is 0 Å². The van der Waals surface area contributed by atoms with Crippen LogP contribution < -0.4 is 5.73 Å². The van der Waals surface area contributed by atoms with Crippen molar-refractivity contribution in [3.05, 3.63) is 35.1 Å². The van der Waals surface area contributed by atoms with Gasteiger partial charge in [-0.1, -0.05) is 13.8 Å². The molecule has 0 radical (unpaired) electrons. The molecule has 0 saturated carbocycles. The van der Waals surface area contributed by atoms with E-state index >= 15 is 0 Å². The molecule has 0 amide bonds. The van der Waals surface area contributed by atoms with E-state index in [1.54, 1.807) is 0 Å². The summed E-state index contributed by atoms with van der Waals surface area (Å²) in [5, 5.41) is 0. The Morgan fingerprint density at radius 3 is 2.10 bits per heavy atom. The average molecular weight is 288 g/mol. The first-order valence-corrected chi connectivity index (χ1v) is 6.84. The fraction of sp³-hybridized carbons (Fsp3) is 0.600. The fourth-order valence-electron chi connectivity index (χ4n) is 2.46. The van der Waals surface area contributed by atoms with Crippen molar-refractivity contribution in [2.45, 2.75) is 39.3 Å². The fourth-order valence-corrected chi connectivity index (χ4v) is 2.46. The summed E-state index contributed by atoms with van der Waals surface area (Å²) in [6.07, 6.45) is 0.915. The van der Waals surface area contributed by atoms with Gasteiger partial charge >= 0.3 is 0 Å². The minimum atomic E-state index is -1.18. The molecule has 0 aromatic heterocycles. The summed E-state index contributed by atoms with van der Waals surface area (Å²) >= 11 is 0. The van der Waals surface area contributed by atoms with Gasteiger partial charge in [-0.2, -0.15) is 0 Å². The van der Waals surface area contributed by atoms with Crippen molar-refractivity contribution in [2.75, 3.05) is 13.6 Å². The number of likely N-dealkylation sites (N-methyl/N-ethyl adjacent to an activating group) is 1. The van der Waals surface area contributed by atoms with Crippen LogP contribution >= 0.6 is 0 Å². The first-order chi connectivity index (χ1) is 9.27. The lowest BCUT2D eigenvalue weighted by Gasteiger charge is -2.33. The third kappa shape index (κ3) is 3.96. The van der Waals surface area contributed by atoms with Crippen LogP contribution in [-0.4, -0.2) is 24.5 Å². The SMILES string of the molecule is CC(C)CC(C)N(C)C(CN)c1cc(F)c(F)cc1F. The van der Waals surface area contributed by atoms with E-state index in [1.807, 2.05) is 18.9 Å². The van der Waals surface area contributed by atoms with E-state index in [1.165, 1.54) is 0 Å². The second kappa shape index (κ2) is 7.09. The van der Waals surface area contributed by atoms with Crippen LogP contribution in [0.4, 0.5) is 13.2 Å². The Labute approximate surface area is 118 Å². The molecule has 2 atom stereocenters. The molecule has 1 aromatic carbocycles. The maximum Gasteiger partial charge on any atom is 0.161 e. The molecule has 1 rings (SSSR count). The summed E-state index contributed by atoms with van der Waals surface area (Å²) in [7, 11) is 1.82. The van der Waals surface area contributed by atoms with E-state index in [-0.39, 0.29) is 18.2 Å². The smallest absolute Gasteiger partial charge is 0.161 e. The third-order valence-corrected chi connectivity index (χ3v) is 3.62. The molecule has 1 aromatic rings. The topological polar surface area (TPSA) is 29.3 Å². The van der Waals surface area contributed by atoms with Gasteiger partial charge < -0.3 is 5.73 Å². The van der Waals surface area contributed by atoms with E-state index in [0.717, 1.165) is 12.5 Å². The van der Waals surface area contributed by atoms with Gasteiger partial charge in [0.05, 0.1) is 0 Å². The van der Waals surface area contributed by atoms with Crippen LogP contribution in [0.2, 0.25) is 0 Å². The zero-order valence-corrected chi connectivity index (χ0v) is 12.5. The van der Waals surface area contributed by atoms with Gasteiger partial charge in [0.15, 0.2) is 11.6 Å². The quantitative estimate of drug-likeness (QED) is 0.812. The Kier molecular flexibility index (Phi) is 6.02. The standard InChI is InChI=1S/C15H23F3N2/c1-9(2)5-10(3)20(4)15(8-19)11-6-13(17)14(18)7-12(11)16/h6-7,9-10,15H,5,8,19H2,1-4H3. The van der Waals surface area contributed by atoms with E-state index in [4.69, 9.17) is 5.73 Å². The van der Waals surface area contributed by atoms with Crippen molar-refractivity contribution < 1.29 is 13.2 Å². The van der Waals surface area contributed by atoms with Gasteiger partial charge in [0.1, 0.15) is 5.82 Å². The summed E-state index contributed by atoms with van der Waals surface area (Å²) in [6, 6.07) is 1.17. The van der Waals surface area contributed by atoms with Gasteiger partial charge in [0.2, 0.25) is 0 Å². The number of nitrogens with two attached hydrogens (primary N) is 1. The Morgan fingerprint density at radius 1 is 1.05 bits per heavy atom. The lowest BCUT2D eigenvalue weighted by molar-refractivity contribution is 0.165. The van der Waals surface area contributed by atoms with Crippen LogP contribution in [0.1, 0.15) is 38.8 Å². The predicted octanol–water partition coefficient (Wildman–Crippen LogP) is 3.47. The molecule has 2 unspecified atom stereocenters. The molecule has 0 spiro atoms. The molecular weight excluding hydrogens is 265 g/mol. The van der Waals surface area contributed by atoms with Crippen LogP contribution in [0.3, 0.4) is 0 Å². The second-order valence-electron chi connectivity index (χ2n) is 5.68. The Balaban J connectivity index is 3.04. The highest BCUT2D eigenvalue weighted by molar-refractivity contribution is 5.24. The number of rotatable bonds is 6. The Bertz CT molecular complexity index is 449. The highest BCUT2D eigenvalue weighted by atomic mass is 19.2. The second-order valence-corrected chi connectivity index (χ2v) is 5.68. The van der Waals surface area contributed by atoms with E-state index in [2.05, 4.69) is 13.8 Å². The number of nitrogens with zero attached hydrogens (tertiary/aromatic N) is 1. The van der Waals surface area contributed by atoms with Crippen LogP contribution in [0.15, 0.2) is 12.1 Å². The monoisotopic (exact) mass is 288 g/mol. The van der Waals surface area contributed by atoms with Crippen molar-refractivity contribution in [1.82, 2.24) is 4.90 Å². The van der Waals surface area contributed by atoms with E-state index in [9.17, 15) is 13.2 Å². The Hall–Kier alpha value is -1.07. The largest absolute Gasteiger partial charge is 0.329 e. The number of benzene rings is 1. The zero-order chi connectivity index (χ0) is 15.4. The summed E-state index contributed by atoms with van der Waals surface area (Å²) in [4.78, 5) is 1.91. The van der Waals surface area contributed by atoms with E-state index in [0.29, 0.717) is 12.0 Å².